The van der Waals surface area contributed by atoms with Crippen LogP contribution in [0.1, 0.15) is 42.0 Å². The highest BCUT2D eigenvalue weighted by atomic mass is 32.1. The Kier molecular flexibility index (Phi) is 5.91. The summed E-state index contributed by atoms with van der Waals surface area (Å²) in [4.78, 5) is 2.56. The zero-order valence-corrected chi connectivity index (χ0v) is 14.5. The van der Waals surface area contributed by atoms with E-state index in [0.29, 0.717) is 0 Å². The number of hydrogen-bond acceptors (Lipinski definition) is 3. The normalized spacial score (nSPS) is 19.5. The molecule has 0 saturated carbocycles. The number of likely N-dealkylation sites (tertiary alicyclic amines) is 1. The number of piperidine rings is 1. The van der Waals surface area contributed by atoms with E-state index in [4.69, 9.17) is 18.0 Å². The van der Waals surface area contributed by atoms with Crippen LogP contribution in [0.2, 0.25) is 0 Å². The largest absolute Gasteiger partial charge is 0.375 e. The lowest BCUT2D eigenvalue weighted by Gasteiger charge is -2.31. The van der Waals surface area contributed by atoms with E-state index < -0.39 is 0 Å². The van der Waals surface area contributed by atoms with Crippen LogP contribution in [0.15, 0.2) is 17.2 Å². The van der Waals surface area contributed by atoms with Gasteiger partial charge < -0.3 is 5.73 Å². The smallest absolute Gasteiger partial charge is 0.184 e. The van der Waals surface area contributed by atoms with Crippen molar-refractivity contribution in [2.45, 2.75) is 40.2 Å². The number of nitrogens with two attached hydrogens (primary N) is 1. The molecule has 1 aliphatic heterocycles. The molecule has 0 spiro atoms. The van der Waals surface area contributed by atoms with Crippen LogP contribution < -0.4 is 11.2 Å². The molecule has 1 fully saturated rings. The van der Waals surface area contributed by atoms with Gasteiger partial charge in [-0.25, -0.2) is 0 Å². The van der Waals surface area contributed by atoms with E-state index in [1.165, 1.54) is 42.6 Å². The summed E-state index contributed by atoms with van der Waals surface area (Å²) in [7, 11) is 0. The summed E-state index contributed by atoms with van der Waals surface area (Å²) in [6.07, 6.45) is 4.45. The van der Waals surface area contributed by atoms with Gasteiger partial charge >= 0.3 is 0 Å². The zero-order chi connectivity index (χ0) is 16.1. The Bertz CT molecular complexity index is 568. The first-order chi connectivity index (χ1) is 10.5. The molecule has 1 saturated heterocycles. The Hall–Kier alpha value is -1.46. The molecule has 3 N–H and O–H groups in total. The van der Waals surface area contributed by atoms with Crippen LogP contribution in [-0.2, 0) is 6.54 Å². The van der Waals surface area contributed by atoms with Crippen molar-refractivity contribution in [2.75, 3.05) is 13.1 Å². The number of benzene rings is 1. The maximum Gasteiger partial charge on any atom is 0.184 e. The molecule has 5 heteroatoms. The van der Waals surface area contributed by atoms with Crippen molar-refractivity contribution in [3.05, 3.63) is 34.4 Å². The van der Waals surface area contributed by atoms with Crippen LogP contribution in [0.25, 0.3) is 0 Å². The third-order valence-electron chi connectivity index (χ3n) is 4.21. The minimum Gasteiger partial charge on any atom is -0.375 e. The average Bonchev–Trinajstić information content (AvgIpc) is 2.43. The molecular formula is C17H26N4S. The second kappa shape index (κ2) is 7.70. The first-order valence-corrected chi connectivity index (χ1v) is 8.27. The summed E-state index contributed by atoms with van der Waals surface area (Å²) in [6, 6.07) is 4.43. The second-order valence-corrected chi connectivity index (χ2v) is 6.79. The summed E-state index contributed by atoms with van der Waals surface area (Å²) in [5.41, 5.74) is 13.0. The Labute approximate surface area is 138 Å². The van der Waals surface area contributed by atoms with Gasteiger partial charge in [0.2, 0.25) is 0 Å². The Balaban J connectivity index is 2.15. The van der Waals surface area contributed by atoms with Crippen LogP contribution >= 0.6 is 12.2 Å². The van der Waals surface area contributed by atoms with Crippen LogP contribution in [0.3, 0.4) is 0 Å². The predicted molar refractivity (Wildman–Crippen MR) is 97.1 cm³/mol. The van der Waals surface area contributed by atoms with Crippen LogP contribution in [0, 0.1) is 19.8 Å². The summed E-state index contributed by atoms with van der Waals surface area (Å²) >= 11 is 4.76. The number of nitrogens with one attached hydrogen (secondary N) is 1. The van der Waals surface area contributed by atoms with Crippen molar-refractivity contribution in [3.8, 4) is 0 Å². The lowest BCUT2D eigenvalue weighted by Crippen LogP contribution is -2.34. The average molecular weight is 318 g/mol. The molecule has 1 atom stereocenters. The minimum absolute atomic E-state index is 0.184. The number of hydrogen-bond donors (Lipinski definition) is 2. The van der Waals surface area contributed by atoms with Gasteiger partial charge in [-0.05, 0) is 68.1 Å². The standard InChI is InChI=1S/C17H26N4S/c1-12-5-4-6-21(10-12)11-16-8-13(2)7-15(14(16)3)9-19-20-17(18)22/h7-9,12H,4-6,10-11H2,1-3H3,(H3,18,20,22). The third kappa shape index (κ3) is 4.78. The molecule has 1 aromatic rings. The van der Waals surface area contributed by atoms with Crippen LogP contribution in [0.4, 0.5) is 0 Å². The fourth-order valence-electron chi connectivity index (χ4n) is 3.10. The number of hydrazone groups is 1. The first kappa shape index (κ1) is 16.9. The molecule has 0 amide bonds. The number of rotatable bonds is 4. The topological polar surface area (TPSA) is 53.6 Å². The van der Waals surface area contributed by atoms with Gasteiger partial charge in [-0.15, -0.1) is 0 Å². The fraction of sp³-hybridized carbons (Fsp3) is 0.529. The van der Waals surface area contributed by atoms with Gasteiger partial charge in [0, 0.05) is 13.1 Å². The van der Waals surface area contributed by atoms with Gasteiger partial charge in [0.1, 0.15) is 0 Å². The van der Waals surface area contributed by atoms with E-state index in [9.17, 15) is 0 Å². The Morgan fingerprint density at radius 3 is 2.95 bits per heavy atom. The summed E-state index contributed by atoms with van der Waals surface area (Å²) in [5.74, 6) is 0.801. The van der Waals surface area contributed by atoms with Crippen molar-refractivity contribution in [3.63, 3.8) is 0 Å². The molecule has 0 bridgehead atoms. The predicted octanol–water partition coefficient (Wildman–Crippen LogP) is 2.70. The molecule has 1 unspecified atom stereocenters. The number of nitrogens with zero attached hydrogens (tertiary/aromatic N) is 2. The fourth-order valence-corrected chi connectivity index (χ4v) is 3.15. The van der Waals surface area contributed by atoms with Crippen LogP contribution in [0.5, 0.6) is 0 Å². The maximum absolute atomic E-state index is 5.39. The summed E-state index contributed by atoms with van der Waals surface area (Å²) < 4.78 is 0. The first-order valence-electron chi connectivity index (χ1n) is 7.86. The molecule has 2 rings (SSSR count). The molecule has 1 aromatic carbocycles. The summed E-state index contributed by atoms with van der Waals surface area (Å²) in [6.45, 7) is 10.0. The maximum atomic E-state index is 5.39. The monoisotopic (exact) mass is 318 g/mol. The lowest BCUT2D eigenvalue weighted by molar-refractivity contribution is 0.176. The molecule has 1 aliphatic rings. The molecule has 120 valence electrons. The lowest BCUT2D eigenvalue weighted by atomic mass is 9.96. The van der Waals surface area contributed by atoms with Gasteiger partial charge in [-0.3, -0.25) is 10.3 Å². The quantitative estimate of drug-likeness (QED) is 0.509. The van der Waals surface area contributed by atoms with E-state index >= 15 is 0 Å². The van der Waals surface area contributed by atoms with E-state index in [2.05, 4.69) is 48.3 Å². The van der Waals surface area contributed by atoms with E-state index in [1.807, 2.05) is 0 Å². The zero-order valence-electron chi connectivity index (χ0n) is 13.7. The van der Waals surface area contributed by atoms with Crippen molar-refractivity contribution >= 4 is 23.5 Å². The van der Waals surface area contributed by atoms with Gasteiger partial charge in [0.05, 0.1) is 6.21 Å². The van der Waals surface area contributed by atoms with Crippen molar-refractivity contribution in [1.82, 2.24) is 10.3 Å². The van der Waals surface area contributed by atoms with E-state index in [0.717, 1.165) is 18.0 Å². The highest BCUT2D eigenvalue weighted by Crippen LogP contribution is 2.21. The van der Waals surface area contributed by atoms with Crippen molar-refractivity contribution < 1.29 is 0 Å². The number of aryl methyl sites for hydroxylation is 1. The Morgan fingerprint density at radius 1 is 1.50 bits per heavy atom. The van der Waals surface area contributed by atoms with Gasteiger partial charge in [-0.1, -0.05) is 24.6 Å². The minimum atomic E-state index is 0.184. The molecule has 0 aliphatic carbocycles. The van der Waals surface area contributed by atoms with Gasteiger partial charge in [0.25, 0.3) is 0 Å². The molecule has 22 heavy (non-hydrogen) atoms. The molecule has 1 heterocycles. The number of thiocarbonyl (C=S) groups is 1. The Morgan fingerprint density at radius 2 is 2.27 bits per heavy atom. The van der Waals surface area contributed by atoms with Crippen molar-refractivity contribution in [2.24, 2.45) is 16.8 Å². The second-order valence-electron chi connectivity index (χ2n) is 6.36. The summed E-state index contributed by atoms with van der Waals surface area (Å²) in [5, 5.41) is 4.27. The SMILES string of the molecule is Cc1cc(C=NNC(N)=S)c(C)c(CN2CCCC(C)C2)c1. The molecule has 0 radical (unpaired) electrons. The molecular weight excluding hydrogens is 292 g/mol. The van der Waals surface area contributed by atoms with E-state index in [-0.39, 0.29) is 5.11 Å². The van der Waals surface area contributed by atoms with Crippen LogP contribution in [-0.4, -0.2) is 29.3 Å². The third-order valence-corrected chi connectivity index (χ3v) is 4.30. The van der Waals surface area contributed by atoms with Gasteiger partial charge in [-0.2, -0.15) is 5.10 Å². The van der Waals surface area contributed by atoms with E-state index in [1.54, 1.807) is 6.21 Å². The molecule has 0 aromatic heterocycles. The molecule has 4 nitrogen and oxygen atoms in total. The highest BCUT2D eigenvalue weighted by Gasteiger charge is 2.17. The van der Waals surface area contributed by atoms with Gasteiger partial charge in [0.15, 0.2) is 5.11 Å². The highest BCUT2D eigenvalue weighted by molar-refractivity contribution is 7.80. The van der Waals surface area contributed by atoms with Crippen molar-refractivity contribution in [1.29, 1.82) is 0 Å².